The first-order valence-electron chi connectivity index (χ1n) is 8.34. The summed E-state index contributed by atoms with van der Waals surface area (Å²) in [7, 11) is 0. The molecule has 0 spiro atoms. The standard InChI is InChI=1S/C22H16N2O/c1-13-7-14(2)9-17(8-13)20-22-21(24-12-23-20)18-10-15-5-3-4-6-16(15)11-19(18)25-22/h3-12H,1-2H3. The minimum absolute atomic E-state index is 0.748. The van der Waals surface area contributed by atoms with E-state index in [2.05, 4.69) is 66.3 Å². The van der Waals surface area contributed by atoms with Gasteiger partial charge in [0, 0.05) is 10.9 Å². The lowest BCUT2D eigenvalue weighted by molar-refractivity contribution is 0.667. The maximum Gasteiger partial charge on any atom is 0.180 e. The van der Waals surface area contributed by atoms with Gasteiger partial charge in [0.25, 0.3) is 0 Å². The van der Waals surface area contributed by atoms with E-state index in [0.717, 1.165) is 38.7 Å². The third-order valence-electron chi connectivity index (χ3n) is 4.61. The van der Waals surface area contributed by atoms with Crippen LogP contribution in [-0.4, -0.2) is 9.97 Å². The van der Waals surface area contributed by atoms with E-state index in [-0.39, 0.29) is 0 Å². The zero-order valence-corrected chi connectivity index (χ0v) is 14.1. The summed E-state index contributed by atoms with van der Waals surface area (Å²) in [6.07, 6.45) is 1.62. The fourth-order valence-corrected chi connectivity index (χ4v) is 3.58. The van der Waals surface area contributed by atoms with Gasteiger partial charge in [-0.1, -0.05) is 41.5 Å². The van der Waals surface area contributed by atoms with Gasteiger partial charge in [0.2, 0.25) is 0 Å². The first kappa shape index (κ1) is 14.2. The van der Waals surface area contributed by atoms with Crippen LogP contribution in [-0.2, 0) is 0 Å². The van der Waals surface area contributed by atoms with Crippen LogP contribution in [0.4, 0.5) is 0 Å². The first-order valence-corrected chi connectivity index (χ1v) is 8.34. The maximum absolute atomic E-state index is 6.20. The zero-order chi connectivity index (χ0) is 17.0. The van der Waals surface area contributed by atoms with Crippen LogP contribution >= 0.6 is 0 Å². The fourth-order valence-electron chi connectivity index (χ4n) is 3.58. The molecule has 0 bridgehead atoms. The second-order valence-electron chi connectivity index (χ2n) is 6.57. The topological polar surface area (TPSA) is 38.9 Å². The van der Waals surface area contributed by atoms with Crippen LogP contribution in [0.25, 0.3) is 44.1 Å². The summed E-state index contributed by atoms with van der Waals surface area (Å²) in [6.45, 7) is 4.19. The van der Waals surface area contributed by atoms with Gasteiger partial charge in [-0.15, -0.1) is 0 Å². The van der Waals surface area contributed by atoms with Crippen molar-refractivity contribution in [3.8, 4) is 11.3 Å². The van der Waals surface area contributed by atoms with Crippen LogP contribution in [0.5, 0.6) is 0 Å². The molecule has 0 saturated heterocycles. The van der Waals surface area contributed by atoms with Gasteiger partial charge in [-0.25, -0.2) is 9.97 Å². The summed E-state index contributed by atoms with van der Waals surface area (Å²) in [5.74, 6) is 0. The highest BCUT2D eigenvalue weighted by atomic mass is 16.3. The summed E-state index contributed by atoms with van der Waals surface area (Å²) in [6, 6.07) is 19.0. The van der Waals surface area contributed by atoms with E-state index in [1.165, 1.54) is 16.5 Å². The van der Waals surface area contributed by atoms with Crippen molar-refractivity contribution in [2.45, 2.75) is 13.8 Å². The molecule has 5 aromatic rings. The van der Waals surface area contributed by atoms with Crippen LogP contribution in [0.1, 0.15) is 11.1 Å². The molecule has 0 unspecified atom stereocenters. The number of hydrogen-bond donors (Lipinski definition) is 0. The van der Waals surface area contributed by atoms with E-state index in [9.17, 15) is 0 Å². The molecule has 25 heavy (non-hydrogen) atoms. The Labute approximate surface area is 144 Å². The Hall–Kier alpha value is -3.20. The van der Waals surface area contributed by atoms with Gasteiger partial charge < -0.3 is 4.42 Å². The molecule has 0 aliphatic carbocycles. The van der Waals surface area contributed by atoms with Crippen molar-refractivity contribution < 1.29 is 4.42 Å². The normalized spacial score (nSPS) is 11.6. The molecule has 0 amide bonds. The minimum Gasteiger partial charge on any atom is -0.452 e. The van der Waals surface area contributed by atoms with Crippen LogP contribution in [0, 0.1) is 13.8 Å². The van der Waals surface area contributed by atoms with Gasteiger partial charge >= 0.3 is 0 Å². The Morgan fingerprint density at radius 2 is 1.52 bits per heavy atom. The summed E-state index contributed by atoms with van der Waals surface area (Å²) >= 11 is 0. The smallest absolute Gasteiger partial charge is 0.180 e. The van der Waals surface area contributed by atoms with Crippen molar-refractivity contribution in [2.75, 3.05) is 0 Å². The molecule has 3 aromatic carbocycles. The predicted octanol–water partition coefficient (Wildman–Crippen LogP) is 5.81. The Morgan fingerprint density at radius 1 is 0.800 bits per heavy atom. The molecule has 0 radical (unpaired) electrons. The van der Waals surface area contributed by atoms with E-state index >= 15 is 0 Å². The number of aryl methyl sites for hydroxylation is 2. The molecular weight excluding hydrogens is 308 g/mol. The number of benzene rings is 3. The van der Waals surface area contributed by atoms with Crippen molar-refractivity contribution in [1.29, 1.82) is 0 Å². The molecule has 0 saturated carbocycles. The van der Waals surface area contributed by atoms with Crippen LogP contribution in [0.2, 0.25) is 0 Å². The molecule has 0 atom stereocenters. The Kier molecular flexibility index (Phi) is 2.92. The van der Waals surface area contributed by atoms with Crippen molar-refractivity contribution in [1.82, 2.24) is 9.97 Å². The molecule has 0 fully saturated rings. The summed E-state index contributed by atoms with van der Waals surface area (Å²) in [4.78, 5) is 9.02. The Balaban J connectivity index is 1.87. The zero-order valence-electron chi connectivity index (χ0n) is 14.1. The lowest BCUT2D eigenvalue weighted by atomic mass is 10.0. The van der Waals surface area contributed by atoms with Gasteiger partial charge in [0.15, 0.2) is 5.58 Å². The van der Waals surface area contributed by atoms with E-state index in [4.69, 9.17) is 4.42 Å². The number of fused-ring (bicyclic) bond motifs is 4. The van der Waals surface area contributed by atoms with Gasteiger partial charge in [-0.05, 0) is 48.9 Å². The number of rotatable bonds is 1. The van der Waals surface area contributed by atoms with Gasteiger partial charge in [0.1, 0.15) is 23.1 Å². The van der Waals surface area contributed by atoms with E-state index in [1.54, 1.807) is 6.33 Å². The molecule has 2 heterocycles. The van der Waals surface area contributed by atoms with E-state index in [0.29, 0.717) is 0 Å². The molecule has 2 aromatic heterocycles. The average Bonchev–Trinajstić information content (AvgIpc) is 2.96. The maximum atomic E-state index is 6.20. The van der Waals surface area contributed by atoms with Gasteiger partial charge in [-0.2, -0.15) is 0 Å². The lowest BCUT2D eigenvalue weighted by Crippen LogP contribution is -1.88. The SMILES string of the molecule is Cc1cc(C)cc(-c2ncnc3c2oc2cc4ccccc4cc23)c1. The number of hydrogen-bond acceptors (Lipinski definition) is 3. The van der Waals surface area contributed by atoms with Crippen LogP contribution < -0.4 is 0 Å². The molecule has 3 nitrogen and oxygen atoms in total. The summed E-state index contributed by atoms with van der Waals surface area (Å²) < 4.78 is 6.20. The van der Waals surface area contributed by atoms with Crippen molar-refractivity contribution in [3.05, 3.63) is 72.1 Å². The average molecular weight is 324 g/mol. The van der Waals surface area contributed by atoms with E-state index < -0.39 is 0 Å². The van der Waals surface area contributed by atoms with Crippen molar-refractivity contribution in [3.63, 3.8) is 0 Å². The van der Waals surface area contributed by atoms with Crippen LogP contribution in [0.15, 0.2) is 65.3 Å². The first-order chi connectivity index (χ1) is 12.2. The third-order valence-corrected chi connectivity index (χ3v) is 4.61. The molecule has 0 N–H and O–H groups in total. The minimum atomic E-state index is 0.748. The highest BCUT2D eigenvalue weighted by Crippen LogP contribution is 2.35. The Bertz CT molecular complexity index is 1250. The van der Waals surface area contributed by atoms with Gasteiger partial charge in [-0.3, -0.25) is 0 Å². The monoisotopic (exact) mass is 324 g/mol. The predicted molar refractivity (Wildman–Crippen MR) is 102 cm³/mol. The largest absolute Gasteiger partial charge is 0.452 e. The lowest BCUT2D eigenvalue weighted by Gasteiger charge is -2.04. The molecule has 0 aliphatic rings. The summed E-state index contributed by atoms with van der Waals surface area (Å²) in [5.41, 5.74) is 6.79. The molecule has 0 aliphatic heterocycles. The van der Waals surface area contributed by atoms with Gasteiger partial charge in [0.05, 0.1) is 0 Å². The highest BCUT2D eigenvalue weighted by Gasteiger charge is 2.15. The van der Waals surface area contributed by atoms with Crippen molar-refractivity contribution in [2.24, 2.45) is 0 Å². The Morgan fingerprint density at radius 3 is 2.28 bits per heavy atom. The van der Waals surface area contributed by atoms with Crippen LogP contribution in [0.3, 0.4) is 0 Å². The molecule has 3 heteroatoms. The quantitative estimate of drug-likeness (QED) is 0.390. The summed E-state index contributed by atoms with van der Waals surface area (Å²) in [5, 5.41) is 3.38. The second kappa shape index (κ2) is 5.15. The highest BCUT2D eigenvalue weighted by molar-refractivity contribution is 6.10. The number of nitrogens with zero attached hydrogens (tertiary/aromatic N) is 2. The number of aromatic nitrogens is 2. The third kappa shape index (κ3) is 2.20. The fraction of sp³-hybridized carbons (Fsp3) is 0.0909. The second-order valence-corrected chi connectivity index (χ2v) is 6.57. The van der Waals surface area contributed by atoms with E-state index in [1.807, 2.05) is 12.1 Å². The van der Waals surface area contributed by atoms with Crippen molar-refractivity contribution >= 4 is 32.8 Å². The molecule has 120 valence electrons. The molecule has 5 rings (SSSR count). The molecular formula is C22H16N2O. The number of furan rings is 1.